The van der Waals surface area contributed by atoms with Gasteiger partial charge < -0.3 is 10.6 Å². The van der Waals surface area contributed by atoms with E-state index >= 15 is 0 Å². The quantitative estimate of drug-likeness (QED) is 0.137. The molecule has 5 N–H and O–H groups in total. The molecule has 0 unspecified atom stereocenters. The van der Waals surface area contributed by atoms with Crippen LogP contribution in [0, 0.1) is 0 Å². The summed E-state index contributed by atoms with van der Waals surface area (Å²) in [7, 11) is -4.67. The number of rotatable bonds is 1. The van der Waals surface area contributed by atoms with Crippen molar-refractivity contribution in [3.8, 4) is 0 Å². The highest BCUT2D eigenvalue weighted by Gasteiger charge is 1.84. The molecule has 0 saturated heterocycles. The predicted octanol–water partition coefficient (Wildman–Crippen LogP) is 11.0. The number of aliphatic hydroxyl groups is 1. The van der Waals surface area contributed by atoms with Crippen molar-refractivity contribution in [3.63, 3.8) is 0 Å². The van der Waals surface area contributed by atoms with Crippen LogP contribution >= 0.6 is 93.0 Å². The maximum atomic E-state index is 8.74. The molecule has 0 aliphatic rings. The number of hydrogen-bond donors (Lipinski definition) is 3. The summed E-state index contributed by atoms with van der Waals surface area (Å²) < 4.78 is 31.6. The van der Waals surface area contributed by atoms with E-state index in [0.29, 0.717) is 0 Å². The van der Waals surface area contributed by atoms with E-state index in [0.717, 1.165) is 16.0 Å². The summed E-state index contributed by atoms with van der Waals surface area (Å²) >= 11 is 15.0. The van der Waals surface area contributed by atoms with E-state index in [2.05, 4.69) is 129 Å². The number of hydrogen-bond acceptors (Lipinski definition) is 3. The summed E-state index contributed by atoms with van der Waals surface area (Å²) in [6.45, 7) is 32.0. The minimum Gasteiger partial charge on any atom is -0.412 e. The average Bonchev–Trinajstić information content (AvgIpc) is 2.71. The molecule has 0 aromatic carbocycles. The largest absolute Gasteiger partial charge is 0.412 e. The van der Waals surface area contributed by atoms with Gasteiger partial charge in [-0.2, -0.15) is 8.42 Å². The van der Waals surface area contributed by atoms with Gasteiger partial charge in [0, 0.05) is 52.3 Å². The Kier molecular flexibility index (Phi) is 905. The summed E-state index contributed by atoms with van der Waals surface area (Å²) in [5.74, 6) is 0. The zero-order valence-corrected chi connectivity index (χ0v) is 28.3. The summed E-state index contributed by atoms with van der Waals surface area (Å²) in [6.07, 6.45) is 0. The fourth-order valence-corrected chi connectivity index (χ4v) is 0. The normalized spacial score (nSPS) is 4.61. The van der Waals surface area contributed by atoms with Crippen LogP contribution < -0.4 is 0 Å². The molecule has 0 saturated carbocycles. The highest BCUT2D eigenvalue weighted by Crippen LogP contribution is 1.85. The third-order valence-corrected chi connectivity index (χ3v) is 1.93. The Labute approximate surface area is 263 Å². The fraction of sp³-hybridized carbons (Fsp3) is 0.600. The SMILES string of the molecule is Br.BrBr.BrCCBr.C.C.C.C.C=C.C=C.C=C.C=C.CC.CCBr.CCO.O.O=S(=O)(O)O.[HH]. The molecule has 0 spiro atoms. The Bertz CT molecular complexity index is 218. The van der Waals surface area contributed by atoms with Crippen LogP contribution in [0.5, 0.6) is 0 Å². The van der Waals surface area contributed by atoms with Crippen LogP contribution in [0.3, 0.4) is 0 Å². The van der Waals surface area contributed by atoms with Gasteiger partial charge in [0.25, 0.3) is 0 Å². The Morgan fingerprint density at radius 1 is 0.697 bits per heavy atom. The lowest BCUT2D eigenvalue weighted by molar-refractivity contribution is 0.318. The minimum atomic E-state index is -4.67. The highest BCUT2D eigenvalue weighted by atomic mass is 80.9. The van der Waals surface area contributed by atoms with Crippen LogP contribution in [0.1, 0.15) is 58.8 Å². The smallest absolute Gasteiger partial charge is 0.394 e. The summed E-state index contributed by atoms with van der Waals surface area (Å²) in [4.78, 5) is 0. The first kappa shape index (κ1) is 113. The van der Waals surface area contributed by atoms with E-state index < -0.39 is 10.4 Å². The van der Waals surface area contributed by atoms with Crippen LogP contribution in [0.4, 0.5) is 0 Å². The zero-order chi connectivity index (χ0) is 25.3. The molecule has 0 radical (unpaired) electrons. The Morgan fingerprint density at radius 2 is 0.727 bits per heavy atom. The first-order valence-corrected chi connectivity index (χ1v) is 15.3. The standard InChI is InChI=1S/C2H4Br2.C2H5Br.C2H6O.C2H6.4C2H4.4CH4.Br2.BrH.H2O4S.H2O.H2/c3-1-2-4;2*1-2-3;5*1-2;;;;;1-2;;1-5(2,3)4;;/h1-2H2;2H2,1H3;3H,2H2,1H3;1-2H3;4*1-2H2;4*1H4;;1H;(H2,1,2,3,4);1H2;1H. The van der Waals surface area contributed by atoms with Gasteiger partial charge in [-0.1, -0.05) is 98.3 Å². The van der Waals surface area contributed by atoms with Crippen LogP contribution in [-0.4, -0.2) is 50.7 Å². The van der Waals surface area contributed by atoms with E-state index in [9.17, 15) is 0 Å². The second-order valence-electron chi connectivity index (χ2n) is 1.41. The average molecular weight is 908 g/mol. The van der Waals surface area contributed by atoms with Gasteiger partial charge in [0.2, 0.25) is 0 Å². The first-order valence-electron chi connectivity index (χ1n) is 6.87. The van der Waals surface area contributed by atoms with E-state index in [1.54, 1.807) is 6.92 Å². The summed E-state index contributed by atoms with van der Waals surface area (Å²) in [5.41, 5.74) is 0. The van der Waals surface area contributed by atoms with Crippen molar-refractivity contribution in [2.45, 2.75) is 57.4 Å². The lowest BCUT2D eigenvalue weighted by Crippen LogP contribution is -1.89. The number of alkyl halides is 3. The van der Waals surface area contributed by atoms with Gasteiger partial charge in [0.05, 0.1) is 0 Å². The zero-order valence-electron chi connectivity index (χ0n) is 17.8. The van der Waals surface area contributed by atoms with Crippen LogP contribution in [0.15, 0.2) is 52.6 Å². The van der Waals surface area contributed by atoms with Gasteiger partial charge in [-0.3, -0.25) is 9.11 Å². The molecule has 0 aromatic rings. The van der Waals surface area contributed by atoms with E-state index in [4.69, 9.17) is 22.6 Å². The summed E-state index contributed by atoms with van der Waals surface area (Å²) in [6, 6.07) is 0. The third kappa shape index (κ3) is 4860. The van der Waals surface area contributed by atoms with Crippen LogP contribution in [0.25, 0.3) is 0 Å². The Balaban J connectivity index is -0.00000000628. The van der Waals surface area contributed by atoms with Crippen molar-refractivity contribution in [1.29, 1.82) is 0 Å². The van der Waals surface area contributed by atoms with Crippen molar-refractivity contribution >= 4 is 103 Å². The monoisotopic (exact) mass is 902 g/mol. The molecule has 6 nitrogen and oxygen atoms in total. The van der Waals surface area contributed by atoms with E-state index in [-0.39, 0.29) is 60.2 Å². The molecule has 0 heterocycles. The van der Waals surface area contributed by atoms with Crippen molar-refractivity contribution in [2.75, 3.05) is 22.6 Å². The van der Waals surface area contributed by atoms with Gasteiger partial charge in [0.15, 0.2) is 0 Å². The van der Waals surface area contributed by atoms with Gasteiger partial charge in [-0.05, 0) is 6.92 Å². The molecule has 0 rings (SSSR count). The maximum absolute atomic E-state index is 8.74. The third-order valence-electron chi connectivity index (χ3n) is 0.0714. The second kappa shape index (κ2) is 265. The Morgan fingerprint density at radius 3 is 0.727 bits per heavy atom. The number of halogens is 6. The van der Waals surface area contributed by atoms with Crippen molar-refractivity contribution in [2.24, 2.45) is 0 Å². The van der Waals surface area contributed by atoms with Crippen molar-refractivity contribution < 1.29 is 29.5 Å². The topological polar surface area (TPSA) is 126 Å². The molecule has 0 aliphatic carbocycles. The van der Waals surface area contributed by atoms with Crippen LogP contribution in [-0.2, 0) is 10.4 Å². The van der Waals surface area contributed by atoms with Gasteiger partial charge in [0.1, 0.15) is 0 Å². The van der Waals surface area contributed by atoms with Crippen molar-refractivity contribution in [3.05, 3.63) is 52.6 Å². The molecular weight excluding hydrogens is 848 g/mol. The molecule has 0 aliphatic heterocycles. The minimum absolute atomic E-state index is 0. The molecule has 0 atom stereocenters. The first-order chi connectivity index (χ1) is 12.7. The molecule has 0 bridgehead atoms. The van der Waals surface area contributed by atoms with E-state index in [1.165, 1.54) is 0 Å². The summed E-state index contributed by atoms with van der Waals surface area (Å²) in [5, 5.41) is 10.7. The lowest BCUT2D eigenvalue weighted by atomic mass is 10.9. The molecule has 33 heavy (non-hydrogen) atoms. The molecule has 13 heteroatoms. The second-order valence-corrected chi connectivity index (χ2v) is 5.01. The predicted molar refractivity (Wildman–Crippen MR) is 191 cm³/mol. The van der Waals surface area contributed by atoms with E-state index in [1.807, 2.05) is 20.8 Å². The van der Waals surface area contributed by atoms with Crippen molar-refractivity contribution in [1.82, 2.24) is 0 Å². The number of aliphatic hydroxyl groups excluding tert-OH is 1. The molecule has 224 valence electrons. The van der Waals surface area contributed by atoms with Gasteiger partial charge in [-0.25, -0.2) is 0 Å². The Hall–Kier alpha value is 1.63. The molecule has 0 aromatic heterocycles. The van der Waals surface area contributed by atoms with Crippen LogP contribution in [0.2, 0.25) is 0 Å². The molecule has 0 fully saturated rings. The maximum Gasteiger partial charge on any atom is 0.394 e. The molecule has 0 amide bonds. The lowest BCUT2D eigenvalue weighted by Gasteiger charge is -1.68. The molecular formula is C20H60Br6O6S. The highest BCUT2D eigenvalue weighted by molar-refractivity contribution is 9.93. The fourth-order valence-electron chi connectivity index (χ4n) is 0. The van der Waals surface area contributed by atoms with Gasteiger partial charge in [-0.15, -0.1) is 69.6 Å². The van der Waals surface area contributed by atoms with Gasteiger partial charge >= 0.3 is 10.4 Å².